The second-order valence-electron chi connectivity index (χ2n) is 10.8. The number of para-hydroxylation sites is 1. The van der Waals surface area contributed by atoms with Crippen molar-refractivity contribution in [1.29, 1.82) is 0 Å². The SMILES string of the molecule is COc1ccc(/C=C2\Oc3c(ccc4c3C(c3ccccc3OCCc3ccc5c(c3)CCO5)CC(=O)O4)C2=O)c(OC)c1. The molecular weight excluding hydrogens is 560 g/mol. The Labute approximate surface area is 254 Å². The number of Topliss-reactive ketones (excluding diaryl/α,β-unsaturated/α-hetero) is 1. The summed E-state index contributed by atoms with van der Waals surface area (Å²) in [6, 6.07) is 22.6. The van der Waals surface area contributed by atoms with Crippen molar-refractivity contribution in [2.75, 3.05) is 27.4 Å². The zero-order valence-electron chi connectivity index (χ0n) is 24.4. The zero-order chi connectivity index (χ0) is 30.2. The van der Waals surface area contributed by atoms with Gasteiger partial charge < -0.3 is 28.4 Å². The van der Waals surface area contributed by atoms with Crippen molar-refractivity contribution in [1.82, 2.24) is 0 Å². The second-order valence-corrected chi connectivity index (χ2v) is 10.8. The fraction of sp³-hybridized carbons (Fsp3) is 0.222. The molecule has 8 heteroatoms. The van der Waals surface area contributed by atoms with Gasteiger partial charge in [0.15, 0.2) is 5.76 Å². The second kappa shape index (κ2) is 11.4. The first-order chi connectivity index (χ1) is 21.5. The Hall–Kier alpha value is -5.24. The Morgan fingerprint density at radius 3 is 2.61 bits per heavy atom. The first-order valence-electron chi connectivity index (χ1n) is 14.5. The van der Waals surface area contributed by atoms with Crippen LogP contribution in [-0.2, 0) is 17.6 Å². The van der Waals surface area contributed by atoms with E-state index in [2.05, 4.69) is 12.1 Å². The van der Waals surface area contributed by atoms with E-state index in [1.807, 2.05) is 30.3 Å². The maximum Gasteiger partial charge on any atom is 0.312 e. The summed E-state index contributed by atoms with van der Waals surface area (Å²) in [4.78, 5) is 26.3. The van der Waals surface area contributed by atoms with Gasteiger partial charge in [-0.2, -0.15) is 0 Å². The van der Waals surface area contributed by atoms with Gasteiger partial charge in [0.1, 0.15) is 34.5 Å². The van der Waals surface area contributed by atoms with Crippen LogP contribution in [0.4, 0.5) is 0 Å². The van der Waals surface area contributed by atoms with Gasteiger partial charge in [-0.1, -0.05) is 30.3 Å². The van der Waals surface area contributed by atoms with E-state index in [4.69, 9.17) is 28.4 Å². The minimum Gasteiger partial charge on any atom is -0.497 e. The summed E-state index contributed by atoms with van der Waals surface area (Å²) in [6.07, 6.45) is 3.38. The predicted octanol–water partition coefficient (Wildman–Crippen LogP) is 6.32. The summed E-state index contributed by atoms with van der Waals surface area (Å²) in [5.41, 5.74) is 4.94. The van der Waals surface area contributed by atoms with Crippen molar-refractivity contribution in [2.45, 2.75) is 25.2 Å². The molecule has 4 aromatic carbocycles. The van der Waals surface area contributed by atoms with Crippen molar-refractivity contribution < 1.29 is 38.0 Å². The first-order valence-corrected chi connectivity index (χ1v) is 14.5. The highest BCUT2D eigenvalue weighted by Crippen LogP contribution is 2.50. The summed E-state index contributed by atoms with van der Waals surface area (Å²) >= 11 is 0. The molecule has 3 aliphatic rings. The van der Waals surface area contributed by atoms with Gasteiger partial charge in [0.25, 0.3) is 0 Å². The molecule has 0 amide bonds. The summed E-state index contributed by atoms with van der Waals surface area (Å²) in [5, 5.41) is 0. The Bertz CT molecular complexity index is 1820. The summed E-state index contributed by atoms with van der Waals surface area (Å²) < 4.78 is 34.7. The lowest BCUT2D eigenvalue weighted by molar-refractivity contribution is -0.135. The van der Waals surface area contributed by atoms with Crippen LogP contribution in [0.5, 0.6) is 34.5 Å². The molecule has 0 saturated heterocycles. The lowest BCUT2D eigenvalue weighted by atomic mass is 9.84. The molecule has 7 rings (SSSR count). The summed E-state index contributed by atoms with van der Waals surface area (Å²) in [7, 11) is 3.13. The third kappa shape index (κ3) is 5.02. The number of hydrogen-bond acceptors (Lipinski definition) is 8. The molecule has 1 unspecified atom stereocenters. The molecule has 3 aliphatic heterocycles. The topological polar surface area (TPSA) is 89.5 Å². The first kappa shape index (κ1) is 27.6. The van der Waals surface area contributed by atoms with Crippen LogP contribution >= 0.6 is 0 Å². The summed E-state index contributed by atoms with van der Waals surface area (Å²) in [6.45, 7) is 1.18. The Morgan fingerprint density at radius 1 is 0.886 bits per heavy atom. The molecule has 0 spiro atoms. The molecule has 1 atom stereocenters. The molecule has 44 heavy (non-hydrogen) atoms. The van der Waals surface area contributed by atoms with Crippen LogP contribution in [0.15, 0.2) is 78.6 Å². The summed E-state index contributed by atoms with van der Waals surface area (Å²) in [5.74, 6) is 2.65. The number of methoxy groups -OCH3 is 2. The normalized spacial score (nSPS) is 17.2. The number of ketones is 1. The van der Waals surface area contributed by atoms with Crippen molar-refractivity contribution in [3.05, 3.63) is 112 Å². The van der Waals surface area contributed by atoms with E-state index in [-0.39, 0.29) is 23.9 Å². The average molecular weight is 591 g/mol. The van der Waals surface area contributed by atoms with Crippen LogP contribution in [0.25, 0.3) is 6.08 Å². The standard InChI is InChI=1S/C36H30O8/c1-39-24-9-8-22(31(19-24)40-2)18-32-35(38)26-10-12-30-34(36(26)44-32)27(20-33(37)43-30)25-5-3-4-6-29(25)42-15-13-21-7-11-28-23(17-21)14-16-41-28/h3-12,17-19,27H,13-16,20H2,1-2H3/b32-18-. The van der Waals surface area contributed by atoms with E-state index in [9.17, 15) is 9.59 Å². The molecule has 222 valence electrons. The van der Waals surface area contributed by atoms with Gasteiger partial charge in [0.2, 0.25) is 5.78 Å². The van der Waals surface area contributed by atoms with E-state index >= 15 is 0 Å². The maximum atomic E-state index is 13.5. The van der Waals surface area contributed by atoms with Crippen LogP contribution in [-0.4, -0.2) is 39.2 Å². The highest BCUT2D eigenvalue weighted by Gasteiger charge is 2.39. The van der Waals surface area contributed by atoms with E-state index < -0.39 is 5.92 Å². The van der Waals surface area contributed by atoms with Crippen LogP contribution < -0.4 is 28.4 Å². The van der Waals surface area contributed by atoms with Crippen molar-refractivity contribution in [3.63, 3.8) is 0 Å². The number of hydrogen-bond donors (Lipinski definition) is 0. The van der Waals surface area contributed by atoms with Crippen LogP contribution in [0.2, 0.25) is 0 Å². The van der Waals surface area contributed by atoms with Crippen LogP contribution in [0.1, 0.15) is 50.5 Å². The molecule has 0 aliphatic carbocycles. The van der Waals surface area contributed by atoms with Crippen LogP contribution in [0, 0.1) is 0 Å². The fourth-order valence-corrected chi connectivity index (χ4v) is 6.02. The number of ether oxygens (including phenoxy) is 6. The number of benzene rings is 4. The third-order valence-electron chi connectivity index (χ3n) is 8.20. The minimum absolute atomic E-state index is 0.0809. The zero-order valence-corrected chi connectivity index (χ0v) is 24.4. The van der Waals surface area contributed by atoms with Gasteiger partial charge in [-0.3, -0.25) is 9.59 Å². The molecular formula is C36H30O8. The van der Waals surface area contributed by atoms with E-state index in [1.165, 1.54) is 11.1 Å². The molecule has 0 bridgehead atoms. The van der Waals surface area contributed by atoms with E-state index in [1.54, 1.807) is 50.6 Å². The van der Waals surface area contributed by atoms with Gasteiger partial charge >= 0.3 is 5.97 Å². The van der Waals surface area contributed by atoms with Crippen LogP contribution in [0.3, 0.4) is 0 Å². The highest BCUT2D eigenvalue weighted by atomic mass is 16.5. The quantitative estimate of drug-likeness (QED) is 0.134. The third-order valence-corrected chi connectivity index (χ3v) is 8.20. The van der Waals surface area contributed by atoms with Gasteiger partial charge in [-0.25, -0.2) is 0 Å². The largest absolute Gasteiger partial charge is 0.497 e. The fourth-order valence-electron chi connectivity index (χ4n) is 6.02. The van der Waals surface area contributed by atoms with Gasteiger partial charge in [-0.05, 0) is 53.6 Å². The number of rotatable bonds is 8. The Morgan fingerprint density at radius 2 is 1.75 bits per heavy atom. The average Bonchev–Trinajstić information content (AvgIpc) is 3.64. The smallest absolute Gasteiger partial charge is 0.312 e. The van der Waals surface area contributed by atoms with Gasteiger partial charge in [-0.15, -0.1) is 0 Å². The number of esters is 1. The lowest BCUT2D eigenvalue weighted by Gasteiger charge is -2.27. The number of carbonyl (C=O) groups is 2. The molecule has 4 aromatic rings. The molecule has 0 aromatic heterocycles. The number of carbonyl (C=O) groups excluding carboxylic acids is 2. The van der Waals surface area contributed by atoms with E-state index in [0.29, 0.717) is 52.0 Å². The molecule has 0 N–H and O–H groups in total. The van der Waals surface area contributed by atoms with E-state index in [0.717, 1.165) is 30.8 Å². The lowest BCUT2D eigenvalue weighted by Crippen LogP contribution is -2.22. The molecule has 0 fully saturated rings. The minimum atomic E-state index is -0.433. The molecule has 0 radical (unpaired) electrons. The number of fused-ring (bicyclic) bond motifs is 4. The molecule has 3 heterocycles. The van der Waals surface area contributed by atoms with Gasteiger partial charge in [0, 0.05) is 41.5 Å². The predicted molar refractivity (Wildman–Crippen MR) is 162 cm³/mol. The van der Waals surface area contributed by atoms with Gasteiger partial charge in [0.05, 0.1) is 39.4 Å². The highest BCUT2D eigenvalue weighted by molar-refractivity contribution is 6.15. The molecule has 0 saturated carbocycles. The van der Waals surface area contributed by atoms with Crippen molar-refractivity contribution in [2.24, 2.45) is 0 Å². The Balaban J connectivity index is 1.19. The van der Waals surface area contributed by atoms with Crippen molar-refractivity contribution in [3.8, 4) is 34.5 Å². The Kier molecular flexibility index (Phi) is 7.18. The number of allylic oxidation sites excluding steroid dienone is 1. The van der Waals surface area contributed by atoms with Crippen molar-refractivity contribution >= 4 is 17.8 Å². The maximum absolute atomic E-state index is 13.5. The molecule has 8 nitrogen and oxygen atoms in total. The monoisotopic (exact) mass is 590 g/mol.